The first-order valence-corrected chi connectivity index (χ1v) is 10.8. The number of benzene rings is 2. The third kappa shape index (κ3) is 4.71. The van der Waals surface area contributed by atoms with E-state index in [0.29, 0.717) is 21.3 Å². The fourth-order valence-electron chi connectivity index (χ4n) is 2.97. The van der Waals surface area contributed by atoms with Crippen LogP contribution in [0.2, 0.25) is 5.02 Å². The average molecular weight is 426 g/mol. The first kappa shape index (κ1) is 19.7. The number of para-hydroxylation sites is 1. The molecule has 7 heteroatoms. The quantitative estimate of drug-likeness (QED) is 0.555. The third-order valence-corrected chi connectivity index (χ3v) is 6.06. The van der Waals surface area contributed by atoms with E-state index in [1.54, 1.807) is 18.2 Å². The van der Waals surface area contributed by atoms with Crippen LogP contribution >= 0.6 is 23.4 Å². The van der Waals surface area contributed by atoms with Gasteiger partial charge in [0.05, 0.1) is 21.9 Å². The molecule has 0 unspecified atom stereocenters. The summed E-state index contributed by atoms with van der Waals surface area (Å²) < 4.78 is 0. The van der Waals surface area contributed by atoms with Crippen molar-refractivity contribution in [2.24, 2.45) is 0 Å². The molecule has 0 spiro atoms. The topological polar surface area (TPSA) is 71.1 Å². The highest BCUT2D eigenvalue weighted by Crippen LogP contribution is 2.27. The zero-order valence-electron chi connectivity index (χ0n) is 15.9. The van der Waals surface area contributed by atoms with Gasteiger partial charge in [-0.2, -0.15) is 0 Å². The lowest BCUT2D eigenvalue weighted by Gasteiger charge is -2.11. The van der Waals surface area contributed by atoms with Crippen LogP contribution in [-0.4, -0.2) is 28.6 Å². The Hall–Kier alpha value is -2.57. The van der Waals surface area contributed by atoms with E-state index in [1.165, 1.54) is 11.8 Å². The minimum absolute atomic E-state index is 0.0908. The van der Waals surface area contributed by atoms with Gasteiger partial charge in [0.1, 0.15) is 0 Å². The number of hydrogen-bond acceptors (Lipinski definition) is 4. The van der Waals surface area contributed by atoms with E-state index in [0.717, 1.165) is 29.3 Å². The van der Waals surface area contributed by atoms with Gasteiger partial charge in [-0.1, -0.05) is 47.6 Å². The highest BCUT2D eigenvalue weighted by atomic mass is 35.5. The lowest BCUT2D eigenvalue weighted by molar-refractivity contribution is -0.113. The van der Waals surface area contributed by atoms with Gasteiger partial charge in [-0.15, -0.1) is 0 Å². The highest BCUT2D eigenvalue weighted by Gasteiger charge is 2.25. The zero-order chi connectivity index (χ0) is 20.4. The van der Waals surface area contributed by atoms with Crippen LogP contribution in [0.15, 0.2) is 53.6 Å². The van der Waals surface area contributed by atoms with Crippen LogP contribution in [0.1, 0.15) is 28.8 Å². The standard InChI is InChI=1S/C22H20ClN3O2S/c1-13-17(23)6-4-8-18(13)25-20(27)12-29-21-11-16(22(28)24-14-9-10-14)15-5-2-3-7-19(15)26-21/h2-8,11,14H,9-10,12H2,1H3,(H,24,28)(H,25,27). The Labute approximate surface area is 178 Å². The Kier molecular flexibility index (Phi) is 5.74. The van der Waals surface area contributed by atoms with Gasteiger partial charge in [-0.05, 0) is 49.6 Å². The van der Waals surface area contributed by atoms with E-state index in [-0.39, 0.29) is 23.6 Å². The number of carbonyl (C=O) groups is 2. The number of anilines is 1. The average Bonchev–Trinajstić information content (AvgIpc) is 3.53. The molecule has 1 aliphatic rings. The summed E-state index contributed by atoms with van der Waals surface area (Å²) >= 11 is 7.41. The van der Waals surface area contributed by atoms with E-state index in [2.05, 4.69) is 15.6 Å². The second-order valence-corrected chi connectivity index (χ2v) is 8.43. The first-order chi connectivity index (χ1) is 14.0. The minimum Gasteiger partial charge on any atom is -0.349 e. The molecule has 1 saturated carbocycles. The highest BCUT2D eigenvalue weighted by molar-refractivity contribution is 7.99. The van der Waals surface area contributed by atoms with E-state index in [4.69, 9.17) is 11.6 Å². The van der Waals surface area contributed by atoms with E-state index in [1.807, 2.05) is 37.3 Å². The molecule has 3 aromatic rings. The number of halogens is 1. The molecule has 2 N–H and O–H groups in total. The number of pyridine rings is 1. The van der Waals surface area contributed by atoms with E-state index >= 15 is 0 Å². The predicted molar refractivity (Wildman–Crippen MR) is 118 cm³/mol. The van der Waals surface area contributed by atoms with Crippen LogP contribution < -0.4 is 10.6 Å². The summed E-state index contributed by atoms with van der Waals surface area (Å²) in [4.78, 5) is 29.7. The molecule has 2 aromatic carbocycles. The molecule has 1 aliphatic carbocycles. The second kappa shape index (κ2) is 8.43. The van der Waals surface area contributed by atoms with Crippen LogP contribution in [-0.2, 0) is 4.79 Å². The molecule has 148 valence electrons. The summed E-state index contributed by atoms with van der Waals surface area (Å²) in [7, 11) is 0. The predicted octanol–water partition coefficient (Wildman–Crippen LogP) is 4.82. The lowest BCUT2D eigenvalue weighted by Crippen LogP contribution is -2.25. The number of amides is 2. The molecular weight excluding hydrogens is 406 g/mol. The molecule has 4 rings (SSSR count). The Balaban J connectivity index is 1.50. The summed E-state index contributed by atoms with van der Waals surface area (Å²) in [6, 6.07) is 15.0. The van der Waals surface area contributed by atoms with Gasteiger partial charge in [-0.3, -0.25) is 9.59 Å². The van der Waals surface area contributed by atoms with Crippen molar-refractivity contribution in [3.05, 3.63) is 64.7 Å². The molecule has 0 radical (unpaired) electrons. The third-order valence-electron chi connectivity index (χ3n) is 4.74. The summed E-state index contributed by atoms with van der Waals surface area (Å²) in [6.45, 7) is 1.86. The summed E-state index contributed by atoms with van der Waals surface area (Å²) in [6.07, 6.45) is 2.05. The fourth-order valence-corrected chi connectivity index (χ4v) is 3.86. The Bertz CT molecular complexity index is 1100. The molecule has 0 saturated heterocycles. The number of hydrogen-bond donors (Lipinski definition) is 2. The molecule has 0 bridgehead atoms. The molecule has 5 nitrogen and oxygen atoms in total. The Morgan fingerprint density at radius 3 is 2.76 bits per heavy atom. The van der Waals surface area contributed by atoms with Crippen LogP contribution in [0.3, 0.4) is 0 Å². The smallest absolute Gasteiger partial charge is 0.252 e. The number of rotatable bonds is 6. The first-order valence-electron chi connectivity index (χ1n) is 9.39. The lowest BCUT2D eigenvalue weighted by atomic mass is 10.1. The number of nitrogens with zero attached hydrogens (tertiary/aromatic N) is 1. The van der Waals surface area contributed by atoms with Crippen molar-refractivity contribution in [1.29, 1.82) is 0 Å². The Morgan fingerprint density at radius 2 is 1.97 bits per heavy atom. The molecule has 0 aliphatic heterocycles. The van der Waals surface area contributed by atoms with Crippen LogP contribution in [0.25, 0.3) is 10.9 Å². The Morgan fingerprint density at radius 1 is 1.17 bits per heavy atom. The summed E-state index contributed by atoms with van der Waals surface area (Å²) in [5.41, 5.74) is 2.86. The maximum absolute atomic E-state index is 12.7. The van der Waals surface area contributed by atoms with E-state index < -0.39 is 0 Å². The fraction of sp³-hybridized carbons (Fsp3) is 0.227. The largest absolute Gasteiger partial charge is 0.349 e. The molecule has 2 amide bonds. The number of fused-ring (bicyclic) bond motifs is 1. The normalized spacial score (nSPS) is 13.3. The van der Waals surface area contributed by atoms with Crippen LogP contribution in [0, 0.1) is 6.92 Å². The van der Waals surface area contributed by atoms with E-state index in [9.17, 15) is 9.59 Å². The van der Waals surface area contributed by atoms with Crippen LogP contribution in [0.4, 0.5) is 5.69 Å². The van der Waals surface area contributed by atoms with Crippen molar-refractivity contribution >= 4 is 51.8 Å². The maximum atomic E-state index is 12.7. The van der Waals surface area contributed by atoms with Crippen molar-refractivity contribution in [3.63, 3.8) is 0 Å². The van der Waals surface area contributed by atoms with Crippen molar-refractivity contribution < 1.29 is 9.59 Å². The zero-order valence-corrected chi connectivity index (χ0v) is 17.4. The summed E-state index contributed by atoms with van der Waals surface area (Å²) in [5.74, 6) is -0.0627. The maximum Gasteiger partial charge on any atom is 0.252 e. The van der Waals surface area contributed by atoms with Gasteiger partial charge in [0.15, 0.2) is 0 Å². The number of thioether (sulfide) groups is 1. The van der Waals surface area contributed by atoms with Gasteiger partial charge in [0.2, 0.25) is 5.91 Å². The molecule has 1 fully saturated rings. The molecular formula is C22H20ClN3O2S. The van der Waals surface area contributed by atoms with Crippen LogP contribution in [0.5, 0.6) is 0 Å². The SMILES string of the molecule is Cc1c(Cl)cccc1NC(=O)CSc1cc(C(=O)NC2CC2)c2ccccc2n1. The van der Waals surface area contributed by atoms with Crippen molar-refractivity contribution in [1.82, 2.24) is 10.3 Å². The molecule has 29 heavy (non-hydrogen) atoms. The molecule has 0 atom stereocenters. The van der Waals surface area contributed by atoms with Crippen molar-refractivity contribution in [2.45, 2.75) is 30.8 Å². The summed E-state index contributed by atoms with van der Waals surface area (Å²) in [5, 5.41) is 7.97. The monoisotopic (exact) mass is 425 g/mol. The molecule has 1 aromatic heterocycles. The number of carbonyl (C=O) groups excluding carboxylic acids is 2. The van der Waals surface area contributed by atoms with Gasteiger partial charge in [-0.25, -0.2) is 4.98 Å². The number of aromatic nitrogens is 1. The van der Waals surface area contributed by atoms with Crippen molar-refractivity contribution in [3.8, 4) is 0 Å². The second-order valence-electron chi connectivity index (χ2n) is 7.02. The van der Waals surface area contributed by atoms with Crippen molar-refractivity contribution in [2.75, 3.05) is 11.1 Å². The molecule has 1 heterocycles. The number of nitrogens with one attached hydrogen (secondary N) is 2. The van der Waals surface area contributed by atoms with Gasteiger partial charge < -0.3 is 10.6 Å². The van der Waals surface area contributed by atoms with Gasteiger partial charge >= 0.3 is 0 Å². The van der Waals surface area contributed by atoms with Gasteiger partial charge in [0.25, 0.3) is 5.91 Å². The van der Waals surface area contributed by atoms with Gasteiger partial charge in [0, 0.05) is 22.1 Å². The minimum atomic E-state index is -0.153.